The number of carbonyl (C=O) groups is 2. The normalized spacial score (nSPS) is 16.5. The Kier molecular flexibility index (Phi) is 10.3. The molecule has 40 heavy (non-hydrogen) atoms. The number of benzene rings is 2. The Hall–Kier alpha value is -3.52. The molecule has 0 bridgehead atoms. The van der Waals surface area contributed by atoms with Crippen LogP contribution in [0.25, 0.3) is 0 Å². The summed E-state index contributed by atoms with van der Waals surface area (Å²) in [5, 5.41) is 10.4. The van der Waals surface area contributed by atoms with Crippen LogP contribution in [0.5, 0.6) is 5.75 Å². The number of carbonyl (C=O) groups excluding carboxylic acids is 1. The maximum absolute atomic E-state index is 13.2. The van der Waals surface area contributed by atoms with Gasteiger partial charge in [-0.25, -0.2) is 13.2 Å². The number of anilines is 2. The van der Waals surface area contributed by atoms with Gasteiger partial charge in [-0.3, -0.25) is 9.52 Å². The Morgan fingerprint density at radius 1 is 1.02 bits per heavy atom. The first kappa shape index (κ1) is 31.0. The Labute approximate surface area is 231 Å². The van der Waals surface area contributed by atoms with Crippen LogP contribution in [0.15, 0.2) is 47.4 Å². The molecule has 4 rings (SSSR count). The van der Waals surface area contributed by atoms with E-state index in [9.17, 15) is 26.4 Å². The van der Waals surface area contributed by atoms with E-state index in [1.54, 1.807) is 18.2 Å². The molecule has 2 fully saturated rings. The van der Waals surface area contributed by atoms with Crippen LogP contribution < -0.4 is 19.7 Å². The number of piperidine rings is 1. The topological polar surface area (TPSA) is 128 Å². The van der Waals surface area contributed by atoms with Crippen molar-refractivity contribution >= 4 is 33.3 Å². The van der Waals surface area contributed by atoms with Crippen LogP contribution in [-0.4, -0.2) is 82.9 Å². The van der Waals surface area contributed by atoms with Gasteiger partial charge in [0.15, 0.2) is 0 Å². The number of carboxylic acids is 1. The van der Waals surface area contributed by atoms with Crippen LogP contribution in [0.4, 0.5) is 24.5 Å². The van der Waals surface area contributed by atoms with Crippen molar-refractivity contribution in [2.75, 3.05) is 56.0 Å². The third-order valence-corrected chi connectivity index (χ3v) is 8.01. The minimum absolute atomic E-state index is 0.0568. The zero-order valence-electron chi connectivity index (χ0n) is 22.2. The molecule has 220 valence electrons. The highest BCUT2D eigenvalue weighted by molar-refractivity contribution is 7.92. The van der Waals surface area contributed by atoms with Gasteiger partial charge in [0.05, 0.1) is 23.4 Å². The van der Waals surface area contributed by atoms with E-state index < -0.39 is 22.2 Å². The highest BCUT2D eigenvalue weighted by atomic mass is 32.2. The molecule has 2 aliphatic heterocycles. The van der Waals surface area contributed by atoms with Crippen molar-refractivity contribution in [3.63, 3.8) is 0 Å². The summed E-state index contributed by atoms with van der Waals surface area (Å²) in [7, 11) is -2.31. The lowest BCUT2D eigenvalue weighted by Gasteiger charge is -2.32. The second-order valence-electron chi connectivity index (χ2n) is 9.53. The average molecular weight is 587 g/mol. The quantitative estimate of drug-likeness (QED) is 0.470. The molecular formula is C26H33F3N4O6S. The fourth-order valence-electron chi connectivity index (χ4n) is 4.29. The number of nitrogens with zero attached hydrogens (tertiary/aromatic N) is 2. The molecule has 0 aromatic heterocycles. The molecule has 2 heterocycles. The highest BCUT2D eigenvalue weighted by Gasteiger charge is 2.38. The lowest BCUT2D eigenvalue weighted by molar-refractivity contribution is -0.192. The molecule has 0 unspecified atom stereocenters. The number of piperazine rings is 1. The predicted molar refractivity (Wildman–Crippen MR) is 143 cm³/mol. The second kappa shape index (κ2) is 13.2. The first-order chi connectivity index (χ1) is 18.8. The van der Waals surface area contributed by atoms with Gasteiger partial charge in [-0.1, -0.05) is 6.92 Å². The number of sulfonamides is 1. The fourth-order valence-corrected chi connectivity index (χ4v) is 5.35. The van der Waals surface area contributed by atoms with E-state index >= 15 is 0 Å². The molecular weight excluding hydrogens is 553 g/mol. The van der Waals surface area contributed by atoms with Crippen molar-refractivity contribution in [3.05, 3.63) is 48.0 Å². The summed E-state index contributed by atoms with van der Waals surface area (Å²) in [6.07, 6.45) is -3.11. The zero-order chi connectivity index (χ0) is 29.5. The summed E-state index contributed by atoms with van der Waals surface area (Å²) in [5.41, 5.74) is 1.69. The Morgan fingerprint density at radius 2 is 1.60 bits per heavy atom. The summed E-state index contributed by atoms with van der Waals surface area (Å²) >= 11 is 0. The lowest BCUT2D eigenvalue weighted by atomic mass is 9.98. The molecule has 0 aliphatic carbocycles. The van der Waals surface area contributed by atoms with Gasteiger partial charge in [-0.2, -0.15) is 13.2 Å². The molecule has 14 heteroatoms. The highest BCUT2D eigenvalue weighted by Crippen LogP contribution is 2.31. The first-order valence-electron chi connectivity index (χ1n) is 12.7. The van der Waals surface area contributed by atoms with E-state index in [0.29, 0.717) is 22.9 Å². The van der Waals surface area contributed by atoms with E-state index in [4.69, 9.17) is 14.6 Å². The van der Waals surface area contributed by atoms with Gasteiger partial charge in [0, 0.05) is 44.8 Å². The average Bonchev–Trinajstić information content (AvgIpc) is 2.93. The van der Waals surface area contributed by atoms with Crippen LogP contribution in [0.3, 0.4) is 0 Å². The molecule has 2 aromatic carbocycles. The SMILES string of the molecule is COc1ccc(S(=O)(=O)Nc2cc(C(=O)N3CCC(C)CC3)ccc2N2CCNCC2)cc1.O=C(O)C(F)(F)F. The molecule has 0 atom stereocenters. The number of carboxylic acid groups (broad SMARTS) is 1. The molecule has 10 nitrogen and oxygen atoms in total. The van der Waals surface area contributed by atoms with Crippen LogP contribution in [-0.2, 0) is 14.8 Å². The van der Waals surface area contributed by atoms with Crippen molar-refractivity contribution in [2.24, 2.45) is 5.92 Å². The Balaban J connectivity index is 0.000000559. The molecule has 0 spiro atoms. The zero-order valence-corrected chi connectivity index (χ0v) is 23.0. The molecule has 2 saturated heterocycles. The van der Waals surface area contributed by atoms with Crippen molar-refractivity contribution in [1.29, 1.82) is 0 Å². The minimum Gasteiger partial charge on any atom is -0.497 e. The number of halogens is 3. The maximum Gasteiger partial charge on any atom is 0.490 e. The second-order valence-corrected chi connectivity index (χ2v) is 11.2. The summed E-state index contributed by atoms with van der Waals surface area (Å²) in [6.45, 7) is 6.81. The van der Waals surface area contributed by atoms with Gasteiger partial charge in [0.25, 0.3) is 15.9 Å². The van der Waals surface area contributed by atoms with Gasteiger partial charge >= 0.3 is 12.1 Å². The number of aliphatic carboxylic acids is 1. The van der Waals surface area contributed by atoms with Crippen LogP contribution in [0.1, 0.15) is 30.1 Å². The molecule has 0 saturated carbocycles. The van der Waals surface area contributed by atoms with Gasteiger partial charge in [0.1, 0.15) is 5.75 Å². The third kappa shape index (κ3) is 8.24. The van der Waals surface area contributed by atoms with Gasteiger partial charge < -0.3 is 25.0 Å². The number of alkyl halides is 3. The van der Waals surface area contributed by atoms with Gasteiger partial charge in [-0.05, 0) is 61.2 Å². The van der Waals surface area contributed by atoms with Crippen LogP contribution in [0, 0.1) is 5.92 Å². The van der Waals surface area contributed by atoms with E-state index in [1.165, 1.54) is 19.2 Å². The Bertz CT molecular complexity index is 1270. The number of hydrogen-bond donors (Lipinski definition) is 3. The van der Waals surface area contributed by atoms with E-state index in [2.05, 4.69) is 21.9 Å². The minimum atomic E-state index is -5.08. The van der Waals surface area contributed by atoms with Crippen LogP contribution >= 0.6 is 0 Å². The van der Waals surface area contributed by atoms with Crippen LogP contribution in [0.2, 0.25) is 0 Å². The number of methoxy groups -OCH3 is 1. The monoisotopic (exact) mass is 586 g/mol. The molecule has 2 aliphatic rings. The van der Waals surface area contributed by atoms with Crippen molar-refractivity contribution < 1.29 is 41.0 Å². The van der Waals surface area contributed by atoms with Gasteiger partial charge in [0.2, 0.25) is 0 Å². The smallest absolute Gasteiger partial charge is 0.490 e. The molecule has 2 aromatic rings. The van der Waals surface area contributed by atoms with Crippen molar-refractivity contribution in [3.8, 4) is 5.75 Å². The number of nitrogens with one attached hydrogen (secondary N) is 2. The van der Waals surface area contributed by atoms with Gasteiger partial charge in [-0.15, -0.1) is 0 Å². The standard InChI is InChI=1S/C24H32N4O4S.C2HF3O2/c1-18-9-13-28(14-10-18)24(29)19-3-8-23(27-15-11-25-12-16-27)22(17-19)26-33(30,31)21-6-4-20(32-2)5-7-21;3-2(4,5)1(6)7/h3-8,17-18,25-26H,9-16H2,1-2H3;(H,6,7). The van der Waals surface area contributed by atoms with E-state index in [1.807, 2.05) is 17.0 Å². The summed E-state index contributed by atoms with van der Waals surface area (Å²) in [4.78, 5) is 26.2. The molecule has 0 radical (unpaired) electrons. The third-order valence-electron chi connectivity index (χ3n) is 6.63. The number of likely N-dealkylation sites (tertiary alicyclic amines) is 1. The fraction of sp³-hybridized carbons (Fsp3) is 0.462. The number of amides is 1. The lowest BCUT2D eigenvalue weighted by Crippen LogP contribution is -2.44. The predicted octanol–water partition coefficient (Wildman–Crippen LogP) is 3.41. The molecule has 3 N–H and O–H groups in total. The largest absolute Gasteiger partial charge is 0.497 e. The van der Waals surface area contributed by atoms with Crippen molar-refractivity contribution in [1.82, 2.24) is 10.2 Å². The number of hydrogen-bond acceptors (Lipinski definition) is 7. The summed E-state index contributed by atoms with van der Waals surface area (Å²) < 4.78 is 66.0. The summed E-state index contributed by atoms with van der Waals surface area (Å²) in [6, 6.07) is 11.6. The Morgan fingerprint density at radius 3 is 2.12 bits per heavy atom. The van der Waals surface area contributed by atoms with E-state index in [0.717, 1.165) is 57.8 Å². The first-order valence-corrected chi connectivity index (χ1v) is 14.2. The number of ether oxygens (including phenoxy) is 1. The van der Waals surface area contributed by atoms with Crippen molar-refractivity contribution in [2.45, 2.75) is 30.8 Å². The summed E-state index contributed by atoms with van der Waals surface area (Å²) in [5.74, 6) is -1.61. The van der Waals surface area contributed by atoms with E-state index in [-0.39, 0.29) is 10.8 Å². The number of rotatable bonds is 6. The molecule has 1 amide bonds. The maximum atomic E-state index is 13.2.